The zero-order valence-corrected chi connectivity index (χ0v) is 8.77. The maximum atomic E-state index is 3.53. The summed E-state index contributed by atoms with van der Waals surface area (Å²) in [7, 11) is 0. The third kappa shape index (κ3) is 2.78. The molecule has 0 aromatic rings. The minimum atomic E-state index is 0.874. The first-order chi connectivity index (χ1) is 5.74. The Kier molecular flexibility index (Phi) is 4.07. The highest BCUT2D eigenvalue weighted by atomic mass is 14.9. The zero-order valence-electron chi connectivity index (χ0n) is 8.77. The Bertz CT molecular complexity index is 120. The number of hydrogen-bond acceptors (Lipinski definition) is 1. The summed E-state index contributed by atoms with van der Waals surface area (Å²) in [4.78, 5) is 0. The molecule has 1 aliphatic rings. The number of nitrogens with one attached hydrogen (secondary N) is 1. The summed E-state index contributed by atoms with van der Waals surface area (Å²) >= 11 is 0. The van der Waals surface area contributed by atoms with E-state index < -0.39 is 0 Å². The van der Waals surface area contributed by atoms with Gasteiger partial charge in [-0.3, -0.25) is 0 Å². The third-order valence-electron chi connectivity index (χ3n) is 3.28. The van der Waals surface area contributed by atoms with Gasteiger partial charge in [-0.15, -0.1) is 0 Å². The Balaban J connectivity index is 2.42. The fourth-order valence-corrected chi connectivity index (χ4v) is 2.14. The van der Waals surface area contributed by atoms with Gasteiger partial charge in [-0.1, -0.05) is 27.2 Å². The van der Waals surface area contributed by atoms with Crippen LogP contribution in [0.15, 0.2) is 0 Å². The predicted octanol–water partition coefficient (Wildman–Crippen LogP) is 2.67. The van der Waals surface area contributed by atoms with Crippen LogP contribution in [0.3, 0.4) is 0 Å². The van der Waals surface area contributed by atoms with E-state index in [2.05, 4.69) is 26.1 Å². The van der Waals surface area contributed by atoms with Crippen molar-refractivity contribution >= 4 is 0 Å². The molecule has 0 amide bonds. The van der Waals surface area contributed by atoms with Crippen LogP contribution in [-0.4, -0.2) is 13.1 Å². The van der Waals surface area contributed by atoms with Crippen LogP contribution in [0.25, 0.3) is 0 Å². The van der Waals surface area contributed by atoms with Crippen molar-refractivity contribution in [3.8, 4) is 0 Å². The molecule has 0 aromatic carbocycles. The van der Waals surface area contributed by atoms with Crippen molar-refractivity contribution < 1.29 is 0 Å². The molecule has 2 atom stereocenters. The van der Waals surface area contributed by atoms with Crippen molar-refractivity contribution in [2.75, 3.05) is 13.1 Å². The smallest absolute Gasteiger partial charge is 0.00205 e. The fourth-order valence-electron chi connectivity index (χ4n) is 2.14. The number of hydrogen-bond donors (Lipinski definition) is 1. The van der Waals surface area contributed by atoms with Crippen LogP contribution in [0.5, 0.6) is 0 Å². The third-order valence-corrected chi connectivity index (χ3v) is 3.28. The molecule has 72 valence electrons. The summed E-state index contributed by atoms with van der Waals surface area (Å²) in [6.45, 7) is 9.53. The largest absolute Gasteiger partial charge is 0.316 e. The molecule has 0 radical (unpaired) electrons. The molecular formula is C11H23N. The highest BCUT2D eigenvalue weighted by Gasteiger charge is 2.20. The van der Waals surface area contributed by atoms with Gasteiger partial charge in [0.25, 0.3) is 0 Å². The van der Waals surface area contributed by atoms with Gasteiger partial charge < -0.3 is 5.32 Å². The van der Waals surface area contributed by atoms with Gasteiger partial charge in [0.15, 0.2) is 0 Å². The Morgan fingerprint density at radius 1 is 1.42 bits per heavy atom. The van der Waals surface area contributed by atoms with E-state index in [9.17, 15) is 0 Å². The van der Waals surface area contributed by atoms with Gasteiger partial charge in [-0.2, -0.15) is 0 Å². The van der Waals surface area contributed by atoms with E-state index in [4.69, 9.17) is 0 Å². The predicted molar refractivity (Wildman–Crippen MR) is 54.2 cm³/mol. The molecular weight excluding hydrogens is 146 g/mol. The Morgan fingerprint density at radius 3 is 2.75 bits per heavy atom. The first kappa shape index (κ1) is 10.0. The summed E-state index contributed by atoms with van der Waals surface area (Å²) in [5.41, 5.74) is 0. The maximum Gasteiger partial charge on any atom is -0.00205 e. The normalized spacial score (nSPS) is 32.0. The lowest BCUT2D eigenvalue weighted by molar-refractivity contribution is 0.304. The van der Waals surface area contributed by atoms with Gasteiger partial charge in [-0.25, -0.2) is 0 Å². The van der Waals surface area contributed by atoms with Gasteiger partial charge in [0.1, 0.15) is 0 Å². The molecule has 0 bridgehead atoms. The Labute approximate surface area is 76.9 Å². The molecule has 1 rings (SSSR count). The van der Waals surface area contributed by atoms with Gasteiger partial charge in [0, 0.05) is 0 Å². The van der Waals surface area contributed by atoms with Crippen LogP contribution < -0.4 is 5.32 Å². The number of rotatable bonds is 2. The molecule has 12 heavy (non-hydrogen) atoms. The summed E-state index contributed by atoms with van der Waals surface area (Å²) < 4.78 is 0. The summed E-state index contributed by atoms with van der Waals surface area (Å²) in [6.07, 6.45) is 4.17. The van der Waals surface area contributed by atoms with E-state index in [-0.39, 0.29) is 0 Å². The van der Waals surface area contributed by atoms with Crippen molar-refractivity contribution in [2.24, 2.45) is 17.8 Å². The quantitative estimate of drug-likeness (QED) is 0.670. The van der Waals surface area contributed by atoms with E-state index >= 15 is 0 Å². The van der Waals surface area contributed by atoms with E-state index in [1.807, 2.05) is 0 Å². The van der Waals surface area contributed by atoms with Gasteiger partial charge in [0.2, 0.25) is 0 Å². The minimum Gasteiger partial charge on any atom is -0.316 e. The first-order valence-corrected chi connectivity index (χ1v) is 5.44. The molecule has 0 aromatic heterocycles. The topological polar surface area (TPSA) is 12.0 Å². The van der Waals surface area contributed by atoms with Crippen LogP contribution in [-0.2, 0) is 0 Å². The van der Waals surface area contributed by atoms with Crippen molar-refractivity contribution in [2.45, 2.75) is 40.0 Å². The van der Waals surface area contributed by atoms with E-state index in [1.54, 1.807) is 0 Å². The molecule has 1 aliphatic heterocycles. The maximum absolute atomic E-state index is 3.53. The molecule has 0 spiro atoms. The van der Waals surface area contributed by atoms with Crippen molar-refractivity contribution in [3.05, 3.63) is 0 Å². The molecule has 1 nitrogen and oxygen atoms in total. The summed E-state index contributed by atoms with van der Waals surface area (Å²) in [5, 5.41) is 3.53. The van der Waals surface area contributed by atoms with Crippen molar-refractivity contribution in [1.82, 2.24) is 5.32 Å². The van der Waals surface area contributed by atoms with Gasteiger partial charge in [-0.05, 0) is 43.7 Å². The molecule has 0 aliphatic carbocycles. The van der Waals surface area contributed by atoms with Crippen LogP contribution in [0.4, 0.5) is 0 Å². The van der Waals surface area contributed by atoms with Crippen molar-refractivity contribution in [3.63, 3.8) is 0 Å². The van der Waals surface area contributed by atoms with Crippen LogP contribution in [0.2, 0.25) is 0 Å². The molecule has 2 unspecified atom stereocenters. The van der Waals surface area contributed by atoms with Gasteiger partial charge >= 0.3 is 0 Å². The second kappa shape index (κ2) is 4.86. The van der Waals surface area contributed by atoms with E-state index in [0.717, 1.165) is 17.8 Å². The van der Waals surface area contributed by atoms with E-state index in [1.165, 1.54) is 32.4 Å². The zero-order chi connectivity index (χ0) is 8.97. The van der Waals surface area contributed by atoms with Crippen LogP contribution in [0.1, 0.15) is 40.0 Å². The molecule has 1 fully saturated rings. The highest BCUT2D eigenvalue weighted by Crippen LogP contribution is 2.26. The average Bonchev–Trinajstić information content (AvgIpc) is 2.28. The highest BCUT2D eigenvalue weighted by molar-refractivity contribution is 4.74. The molecule has 1 heterocycles. The Morgan fingerprint density at radius 2 is 2.17 bits per heavy atom. The van der Waals surface area contributed by atoms with Gasteiger partial charge in [0.05, 0.1) is 0 Å². The van der Waals surface area contributed by atoms with Crippen molar-refractivity contribution in [1.29, 1.82) is 0 Å². The van der Waals surface area contributed by atoms with E-state index in [0.29, 0.717) is 0 Å². The fraction of sp³-hybridized carbons (Fsp3) is 1.00. The van der Waals surface area contributed by atoms with Crippen LogP contribution in [0, 0.1) is 17.8 Å². The molecule has 1 heteroatoms. The molecule has 1 saturated heterocycles. The lowest BCUT2D eigenvalue weighted by atomic mass is 9.84. The summed E-state index contributed by atoms with van der Waals surface area (Å²) in [5.74, 6) is 2.77. The Hall–Kier alpha value is -0.0400. The second-order valence-electron chi connectivity index (χ2n) is 4.51. The lowest BCUT2D eigenvalue weighted by Crippen LogP contribution is -2.19. The molecule has 0 saturated carbocycles. The first-order valence-electron chi connectivity index (χ1n) is 5.44. The SMILES string of the molecule is CCC1CNCCC(C(C)C)C1. The lowest BCUT2D eigenvalue weighted by Gasteiger charge is -2.21. The summed E-state index contributed by atoms with van der Waals surface area (Å²) in [6, 6.07) is 0. The molecule has 1 N–H and O–H groups in total. The monoisotopic (exact) mass is 169 g/mol. The minimum absolute atomic E-state index is 0.874. The average molecular weight is 169 g/mol. The van der Waals surface area contributed by atoms with Crippen LogP contribution >= 0.6 is 0 Å². The second-order valence-corrected chi connectivity index (χ2v) is 4.51. The standard InChI is InChI=1S/C11H23N/c1-4-10-7-11(9(2)3)5-6-12-8-10/h9-12H,4-8H2,1-3H3.